The predicted octanol–water partition coefficient (Wildman–Crippen LogP) is 1.58. The molecule has 62 valence electrons. The fourth-order valence-electron chi connectivity index (χ4n) is 1.00. The molecule has 0 spiro atoms. The Balaban J connectivity index is 3.05. The number of halogens is 1. The summed E-state index contributed by atoms with van der Waals surface area (Å²) in [6.45, 7) is 4.53. The van der Waals surface area contributed by atoms with Crippen LogP contribution in [0.3, 0.4) is 0 Å². The zero-order valence-electron chi connectivity index (χ0n) is 6.71. The van der Waals surface area contributed by atoms with Crippen LogP contribution < -0.4 is 5.73 Å². The number of nitrogens with zero attached hydrogens (tertiary/aromatic N) is 2. The fraction of sp³-hybridized carbons (Fsp3) is 0.571. The first-order chi connectivity index (χ1) is 5.16. The Labute approximate surface area is 71.1 Å². The van der Waals surface area contributed by atoms with Gasteiger partial charge >= 0.3 is 0 Å². The molecule has 0 saturated carbocycles. The van der Waals surface area contributed by atoms with Crippen LogP contribution in [0.15, 0.2) is 6.20 Å². The maximum absolute atomic E-state index is 5.83. The lowest BCUT2D eigenvalue weighted by molar-refractivity contribution is 0.510. The molecule has 4 heteroatoms. The first-order valence-electron chi connectivity index (χ1n) is 3.58. The van der Waals surface area contributed by atoms with E-state index in [0.29, 0.717) is 17.6 Å². The molecule has 3 nitrogen and oxygen atoms in total. The van der Waals surface area contributed by atoms with Gasteiger partial charge in [0.15, 0.2) is 0 Å². The van der Waals surface area contributed by atoms with Gasteiger partial charge in [-0.1, -0.05) is 11.6 Å². The second-order valence-electron chi connectivity index (χ2n) is 2.68. The van der Waals surface area contributed by atoms with Crippen LogP contribution >= 0.6 is 11.6 Å². The van der Waals surface area contributed by atoms with E-state index < -0.39 is 0 Å². The molecule has 2 N–H and O–H groups in total. The highest BCUT2D eigenvalue weighted by Crippen LogP contribution is 2.17. The predicted molar refractivity (Wildman–Crippen MR) is 45.5 cm³/mol. The van der Waals surface area contributed by atoms with Crippen LogP contribution in [-0.4, -0.2) is 9.78 Å². The number of nitrogens with two attached hydrogens (primary N) is 1. The summed E-state index contributed by atoms with van der Waals surface area (Å²) in [5, 5.41) is 4.74. The average Bonchev–Trinajstić information content (AvgIpc) is 2.30. The first-order valence-corrected chi connectivity index (χ1v) is 3.96. The Morgan fingerprint density at radius 3 is 2.73 bits per heavy atom. The van der Waals surface area contributed by atoms with Gasteiger partial charge in [-0.2, -0.15) is 5.10 Å². The summed E-state index contributed by atoms with van der Waals surface area (Å²) in [6.07, 6.45) is 1.63. The maximum atomic E-state index is 5.83. The van der Waals surface area contributed by atoms with E-state index in [1.807, 2.05) is 18.5 Å². The van der Waals surface area contributed by atoms with Crippen LogP contribution in [0.5, 0.6) is 0 Å². The van der Waals surface area contributed by atoms with Crippen LogP contribution in [0.2, 0.25) is 5.02 Å². The molecule has 1 aromatic rings. The lowest BCUT2D eigenvalue weighted by Gasteiger charge is -2.08. The highest BCUT2D eigenvalue weighted by atomic mass is 35.5. The molecule has 0 aromatic carbocycles. The van der Waals surface area contributed by atoms with Gasteiger partial charge in [0.05, 0.1) is 16.9 Å². The van der Waals surface area contributed by atoms with Crippen molar-refractivity contribution in [3.05, 3.63) is 16.9 Å². The molecule has 1 aromatic heterocycles. The van der Waals surface area contributed by atoms with E-state index in [-0.39, 0.29) is 0 Å². The molecular formula is C7H12ClN3. The molecule has 1 rings (SSSR count). The number of aromatic nitrogens is 2. The van der Waals surface area contributed by atoms with Crippen molar-refractivity contribution in [3.63, 3.8) is 0 Å². The molecule has 0 amide bonds. The molecule has 0 radical (unpaired) electrons. The van der Waals surface area contributed by atoms with Gasteiger partial charge in [-0.3, -0.25) is 4.68 Å². The van der Waals surface area contributed by atoms with Crippen LogP contribution in [0.25, 0.3) is 0 Å². The Morgan fingerprint density at radius 2 is 2.36 bits per heavy atom. The molecule has 0 aliphatic rings. The van der Waals surface area contributed by atoms with E-state index in [0.717, 1.165) is 5.69 Å². The molecule has 0 aliphatic carbocycles. The molecule has 11 heavy (non-hydrogen) atoms. The molecule has 1 heterocycles. The van der Waals surface area contributed by atoms with Crippen molar-refractivity contribution >= 4 is 11.6 Å². The monoisotopic (exact) mass is 173 g/mol. The highest BCUT2D eigenvalue weighted by Gasteiger charge is 2.08. The Kier molecular flexibility index (Phi) is 2.52. The smallest absolute Gasteiger partial charge is 0.0831 e. The van der Waals surface area contributed by atoms with Gasteiger partial charge in [0.25, 0.3) is 0 Å². The average molecular weight is 174 g/mol. The van der Waals surface area contributed by atoms with Crippen LogP contribution in [0, 0.1) is 0 Å². The first kappa shape index (κ1) is 8.56. The van der Waals surface area contributed by atoms with E-state index in [4.69, 9.17) is 17.3 Å². The van der Waals surface area contributed by atoms with Crippen molar-refractivity contribution in [2.75, 3.05) is 0 Å². The summed E-state index contributed by atoms with van der Waals surface area (Å²) in [7, 11) is 0. The third-order valence-electron chi connectivity index (χ3n) is 1.53. The summed E-state index contributed by atoms with van der Waals surface area (Å²) in [5.74, 6) is 0. The molecule has 0 aliphatic heterocycles. The third kappa shape index (κ3) is 1.54. The van der Waals surface area contributed by atoms with E-state index >= 15 is 0 Å². The summed E-state index contributed by atoms with van der Waals surface area (Å²) in [5.41, 5.74) is 6.39. The van der Waals surface area contributed by atoms with Gasteiger partial charge < -0.3 is 5.73 Å². The van der Waals surface area contributed by atoms with Gasteiger partial charge in [0.1, 0.15) is 0 Å². The number of hydrogen-bond acceptors (Lipinski definition) is 2. The molecular weight excluding hydrogens is 162 g/mol. The minimum Gasteiger partial charge on any atom is -0.325 e. The Morgan fingerprint density at radius 1 is 1.73 bits per heavy atom. The van der Waals surface area contributed by atoms with Gasteiger partial charge in [-0.15, -0.1) is 0 Å². The van der Waals surface area contributed by atoms with Gasteiger partial charge in [-0.25, -0.2) is 0 Å². The lowest BCUT2D eigenvalue weighted by atomic mass is 10.3. The SMILES string of the molecule is CC(C)n1ncc(Cl)c1CN. The molecule has 0 unspecified atom stereocenters. The number of hydrogen-bond donors (Lipinski definition) is 1. The van der Waals surface area contributed by atoms with Crippen molar-refractivity contribution in [2.24, 2.45) is 5.73 Å². The van der Waals surface area contributed by atoms with E-state index in [9.17, 15) is 0 Å². The van der Waals surface area contributed by atoms with Gasteiger partial charge in [0, 0.05) is 12.6 Å². The summed E-state index contributed by atoms with van der Waals surface area (Å²) >= 11 is 5.83. The highest BCUT2D eigenvalue weighted by molar-refractivity contribution is 6.31. The second-order valence-corrected chi connectivity index (χ2v) is 3.09. The number of rotatable bonds is 2. The molecule has 0 saturated heterocycles. The van der Waals surface area contributed by atoms with Crippen LogP contribution in [-0.2, 0) is 6.54 Å². The zero-order chi connectivity index (χ0) is 8.43. The lowest BCUT2D eigenvalue weighted by Crippen LogP contribution is -2.10. The Hall–Kier alpha value is -0.540. The largest absolute Gasteiger partial charge is 0.325 e. The standard InChI is InChI=1S/C7H12ClN3/c1-5(2)11-7(3-9)6(8)4-10-11/h4-5H,3,9H2,1-2H3. The minimum atomic E-state index is 0.320. The Bertz CT molecular complexity index is 242. The maximum Gasteiger partial charge on any atom is 0.0831 e. The normalized spacial score (nSPS) is 11.0. The van der Waals surface area contributed by atoms with Gasteiger partial charge in [0.2, 0.25) is 0 Å². The van der Waals surface area contributed by atoms with Crippen molar-refractivity contribution in [3.8, 4) is 0 Å². The van der Waals surface area contributed by atoms with E-state index in [2.05, 4.69) is 5.10 Å². The van der Waals surface area contributed by atoms with Crippen molar-refractivity contribution < 1.29 is 0 Å². The van der Waals surface area contributed by atoms with E-state index in [1.54, 1.807) is 6.20 Å². The van der Waals surface area contributed by atoms with E-state index in [1.165, 1.54) is 0 Å². The molecule has 0 bridgehead atoms. The van der Waals surface area contributed by atoms with Crippen molar-refractivity contribution in [2.45, 2.75) is 26.4 Å². The zero-order valence-corrected chi connectivity index (χ0v) is 7.47. The second kappa shape index (κ2) is 3.24. The van der Waals surface area contributed by atoms with Crippen molar-refractivity contribution in [1.29, 1.82) is 0 Å². The topological polar surface area (TPSA) is 43.8 Å². The molecule has 0 fully saturated rings. The van der Waals surface area contributed by atoms with Crippen molar-refractivity contribution in [1.82, 2.24) is 9.78 Å². The fourth-order valence-corrected chi connectivity index (χ4v) is 1.21. The van der Waals surface area contributed by atoms with Gasteiger partial charge in [-0.05, 0) is 13.8 Å². The summed E-state index contributed by atoms with van der Waals surface area (Å²) < 4.78 is 1.84. The summed E-state index contributed by atoms with van der Waals surface area (Å²) in [6, 6.07) is 0.320. The van der Waals surface area contributed by atoms with Crippen LogP contribution in [0.1, 0.15) is 25.6 Å². The third-order valence-corrected chi connectivity index (χ3v) is 1.85. The summed E-state index contributed by atoms with van der Waals surface area (Å²) in [4.78, 5) is 0. The quantitative estimate of drug-likeness (QED) is 0.738. The van der Waals surface area contributed by atoms with Crippen LogP contribution in [0.4, 0.5) is 0 Å². The minimum absolute atomic E-state index is 0.320. The molecule has 0 atom stereocenters.